The standard InChI is InChI=1S/C19H17ClN6O/c1-11-3-9-15(10-4-11)22-18(27)16-12(2)21-19-23-24-25-26(19)17(16)13-5-7-14(20)8-6-13/h3-10,17H,1-2H3,(H,22,27)(H,21,23,25)/t17-/m1/s1. The monoisotopic (exact) mass is 380 g/mol. The Balaban J connectivity index is 1.74. The number of hydrogen-bond acceptors (Lipinski definition) is 5. The van der Waals surface area contributed by atoms with Crippen LogP contribution in [0.2, 0.25) is 5.02 Å². The largest absolute Gasteiger partial charge is 0.326 e. The molecule has 0 radical (unpaired) electrons. The van der Waals surface area contributed by atoms with Gasteiger partial charge in [0, 0.05) is 16.4 Å². The van der Waals surface area contributed by atoms with Gasteiger partial charge in [0.2, 0.25) is 5.95 Å². The second-order valence-electron chi connectivity index (χ2n) is 6.38. The average molecular weight is 381 g/mol. The van der Waals surface area contributed by atoms with Crippen molar-refractivity contribution in [1.29, 1.82) is 0 Å². The number of allylic oxidation sites excluding steroid dienone is 1. The Morgan fingerprint density at radius 3 is 2.52 bits per heavy atom. The molecule has 1 amide bonds. The number of aromatic nitrogens is 4. The third kappa shape index (κ3) is 3.29. The molecule has 2 N–H and O–H groups in total. The van der Waals surface area contributed by atoms with Gasteiger partial charge in [0.05, 0.1) is 5.57 Å². The van der Waals surface area contributed by atoms with Gasteiger partial charge in [-0.3, -0.25) is 4.79 Å². The van der Waals surface area contributed by atoms with Crippen molar-refractivity contribution in [3.8, 4) is 0 Å². The Morgan fingerprint density at radius 1 is 1.11 bits per heavy atom. The van der Waals surface area contributed by atoms with E-state index in [9.17, 15) is 4.79 Å². The highest BCUT2D eigenvalue weighted by Gasteiger charge is 2.33. The molecule has 4 rings (SSSR count). The van der Waals surface area contributed by atoms with Gasteiger partial charge in [-0.1, -0.05) is 46.5 Å². The van der Waals surface area contributed by atoms with E-state index in [1.165, 1.54) is 0 Å². The minimum absolute atomic E-state index is 0.218. The number of benzene rings is 2. The lowest BCUT2D eigenvalue weighted by molar-refractivity contribution is -0.113. The van der Waals surface area contributed by atoms with Crippen LogP contribution in [0.25, 0.3) is 0 Å². The first-order valence-electron chi connectivity index (χ1n) is 8.42. The van der Waals surface area contributed by atoms with E-state index in [1.54, 1.807) is 16.8 Å². The quantitative estimate of drug-likeness (QED) is 0.725. The molecule has 1 atom stereocenters. The van der Waals surface area contributed by atoms with Crippen LogP contribution in [0, 0.1) is 6.92 Å². The van der Waals surface area contributed by atoms with E-state index >= 15 is 0 Å². The van der Waals surface area contributed by atoms with Gasteiger partial charge in [0.15, 0.2) is 0 Å². The van der Waals surface area contributed by atoms with Gasteiger partial charge in [-0.05, 0) is 54.1 Å². The van der Waals surface area contributed by atoms with Crippen LogP contribution >= 0.6 is 11.6 Å². The molecule has 2 heterocycles. The molecular weight excluding hydrogens is 364 g/mol. The van der Waals surface area contributed by atoms with Crippen LogP contribution in [0.5, 0.6) is 0 Å². The van der Waals surface area contributed by atoms with Gasteiger partial charge < -0.3 is 10.6 Å². The number of rotatable bonds is 3. The van der Waals surface area contributed by atoms with Gasteiger partial charge in [-0.2, -0.15) is 4.68 Å². The zero-order chi connectivity index (χ0) is 19.0. The van der Waals surface area contributed by atoms with E-state index in [0.29, 0.717) is 22.2 Å². The smallest absolute Gasteiger partial charge is 0.255 e. The van der Waals surface area contributed by atoms with Crippen molar-refractivity contribution in [3.63, 3.8) is 0 Å². The van der Waals surface area contributed by atoms with E-state index in [-0.39, 0.29) is 5.91 Å². The normalized spacial score (nSPS) is 15.9. The highest BCUT2D eigenvalue weighted by Crippen LogP contribution is 2.35. The molecule has 0 bridgehead atoms. The molecule has 8 heteroatoms. The molecular formula is C19H17ClN6O. The maximum absolute atomic E-state index is 13.1. The number of nitrogens with zero attached hydrogens (tertiary/aromatic N) is 4. The van der Waals surface area contributed by atoms with Crippen molar-refractivity contribution in [2.45, 2.75) is 19.9 Å². The Bertz CT molecular complexity index is 1020. The number of aryl methyl sites for hydroxylation is 1. The molecule has 0 spiro atoms. The second-order valence-corrected chi connectivity index (χ2v) is 6.82. The number of fused-ring (bicyclic) bond motifs is 1. The zero-order valence-electron chi connectivity index (χ0n) is 14.8. The summed E-state index contributed by atoms with van der Waals surface area (Å²) in [5.41, 5.74) is 3.95. The lowest BCUT2D eigenvalue weighted by Crippen LogP contribution is -2.31. The summed E-state index contributed by atoms with van der Waals surface area (Å²) in [4.78, 5) is 13.1. The molecule has 1 aromatic heterocycles. The Kier molecular flexibility index (Phi) is 4.37. The lowest BCUT2D eigenvalue weighted by Gasteiger charge is -2.28. The first kappa shape index (κ1) is 17.2. The van der Waals surface area contributed by atoms with Gasteiger partial charge in [0.25, 0.3) is 5.91 Å². The topological polar surface area (TPSA) is 84.7 Å². The lowest BCUT2D eigenvalue weighted by atomic mass is 9.95. The number of tetrazole rings is 1. The molecule has 0 unspecified atom stereocenters. The second kappa shape index (κ2) is 6.85. The van der Waals surface area contributed by atoms with Crippen LogP contribution in [0.4, 0.5) is 11.6 Å². The van der Waals surface area contributed by atoms with E-state index in [0.717, 1.165) is 16.8 Å². The summed E-state index contributed by atoms with van der Waals surface area (Å²) in [5.74, 6) is 0.268. The summed E-state index contributed by atoms with van der Waals surface area (Å²) in [7, 11) is 0. The Hall–Kier alpha value is -3.19. The number of carbonyl (C=O) groups is 1. The van der Waals surface area contributed by atoms with Crippen molar-refractivity contribution in [3.05, 3.63) is 76.0 Å². The zero-order valence-corrected chi connectivity index (χ0v) is 15.5. The summed E-state index contributed by atoms with van der Waals surface area (Å²) in [6, 6.07) is 14.5. The third-order valence-corrected chi connectivity index (χ3v) is 4.71. The van der Waals surface area contributed by atoms with E-state index in [2.05, 4.69) is 26.2 Å². The first-order chi connectivity index (χ1) is 13.0. The molecule has 7 nitrogen and oxygen atoms in total. The first-order valence-corrected chi connectivity index (χ1v) is 8.80. The molecule has 0 aliphatic carbocycles. The summed E-state index contributed by atoms with van der Waals surface area (Å²) in [6.45, 7) is 3.84. The molecule has 27 heavy (non-hydrogen) atoms. The highest BCUT2D eigenvalue weighted by atomic mass is 35.5. The number of amides is 1. The van der Waals surface area contributed by atoms with Gasteiger partial charge >= 0.3 is 0 Å². The van der Waals surface area contributed by atoms with Crippen molar-refractivity contribution in [2.75, 3.05) is 10.6 Å². The summed E-state index contributed by atoms with van der Waals surface area (Å²) < 4.78 is 1.60. The molecule has 0 saturated heterocycles. The Labute approximate surface area is 161 Å². The van der Waals surface area contributed by atoms with Crippen LogP contribution in [-0.2, 0) is 4.79 Å². The minimum Gasteiger partial charge on any atom is -0.326 e. The Morgan fingerprint density at radius 2 is 1.81 bits per heavy atom. The van der Waals surface area contributed by atoms with Crippen LogP contribution < -0.4 is 10.6 Å². The predicted octanol–water partition coefficient (Wildman–Crippen LogP) is 3.56. The highest BCUT2D eigenvalue weighted by molar-refractivity contribution is 6.30. The predicted molar refractivity (Wildman–Crippen MR) is 104 cm³/mol. The van der Waals surface area contributed by atoms with Crippen molar-refractivity contribution in [2.24, 2.45) is 0 Å². The summed E-state index contributed by atoms with van der Waals surface area (Å²) in [5, 5.41) is 18.5. The van der Waals surface area contributed by atoms with E-state index in [4.69, 9.17) is 11.6 Å². The fourth-order valence-corrected chi connectivity index (χ4v) is 3.22. The van der Waals surface area contributed by atoms with E-state index < -0.39 is 6.04 Å². The van der Waals surface area contributed by atoms with Crippen molar-refractivity contribution < 1.29 is 4.79 Å². The molecule has 1 aliphatic heterocycles. The molecule has 1 aliphatic rings. The minimum atomic E-state index is -0.459. The summed E-state index contributed by atoms with van der Waals surface area (Å²) >= 11 is 6.03. The van der Waals surface area contributed by atoms with E-state index in [1.807, 2.05) is 50.2 Å². The van der Waals surface area contributed by atoms with Crippen LogP contribution in [-0.4, -0.2) is 26.1 Å². The van der Waals surface area contributed by atoms with Gasteiger partial charge in [-0.15, -0.1) is 0 Å². The molecule has 2 aromatic carbocycles. The third-order valence-electron chi connectivity index (χ3n) is 4.45. The molecule has 3 aromatic rings. The van der Waals surface area contributed by atoms with Gasteiger partial charge in [0.1, 0.15) is 6.04 Å². The number of nitrogens with one attached hydrogen (secondary N) is 2. The van der Waals surface area contributed by atoms with Crippen molar-refractivity contribution in [1.82, 2.24) is 20.2 Å². The number of carbonyl (C=O) groups excluding carboxylic acids is 1. The average Bonchev–Trinajstić information content (AvgIpc) is 3.11. The number of halogens is 1. The maximum atomic E-state index is 13.1. The molecule has 0 fully saturated rings. The SMILES string of the molecule is CC1=C(C(=O)Nc2ccc(C)cc2)[C@@H](c2ccc(Cl)cc2)n2nnnc2N1. The van der Waals surface area contributed by atoms with Crippen LogP contribution in [0.3, 0.4) is 0 Å². The van der Waals surface area contributed by atoms with Gasteiger partial charge in [-0.25, -0.2) is 0 Å². The van der Waals surface area contributed by atoms with Crippen LogP contribution in [0.15, 0.2) is 59.8 Å². The number of hydrogen-bond donors (Lipinski definition) is 2. The van der Waals surface area contributed by atoms with Crippen molar-refractivity contribution >= 4 is 29.1 Å². The molecule has 0 saturated carbocycles. The summed E-state index contributed by atoms with van der Waals surface area (Å²) in [6.07, 6.45) is 0. The molecule has 136 valence electrons. The fraction of sp³-hybridized carbons (Fsp3) is 0.158. The van der Waals surface area contributed by atoms with Crippen LogP contribution in [0.1, 0.15) is 24.1 Å². The maximum Gasteiger partial charge on any atom is 0.255 e. The number of anilines is 2. The fourth-order valence-electron chi connectivity index (χ4n) is 3.09.